The maximum atomic E-state index is 8.40. The molecule has 58 valence electrons. The Kier molecular flexibility index (Phi) is 2.82. The van der Waals surface area contributed by atoms with Crippen LogP contribution in [-0.4, -0.2) is 4.98 Å². The molecule has 0 spiro atoms. The number of rotatable bonds is 1. The summed E-state index contributed by atoms with van der Waals surface area (Å²) < 4.78 is 0.400. The average Bonchev–Trinajstić information content (AvgIpc) is 2.47. The summed E-state index contributed by atoms with van der Waals surface area (Å²) in [6, 6.07) is 3.49. The molecule has 5 heteroatoms. The number of aromatic nitrogens is 1. The van der Waals surface area contributed by atoms with Gasteiger partial charge in [0.05, 0.1) is 4.88 Å². The van der Waals surface area contributed by atoms with Crippen LogP contribution in [0.5, 0.6) is 0 Å². The van der Waals surface area contributed by atoms with E-state index in [1.165, 1.54) is 23.6 Å². The SMILES string of the molecule is N#CC(C#N)=Cc1cnc(Cl)s1. The third kappa shape index (κ3) is 2.06. The summed E-state index contributed by atoms with van der Waals surface area (Å²) in [6.07, 6.45) is 2.96. The molecule has 0 saturated carbocycles. The third-order valence-corrected chi connectivity index (χ3v) is 2.08. The Labute approximate surface area is 78.2 Å². The van der Waals surface area contributed by atoms with E-state index >= 15 is 0 Å². The van der Waals surface area contributed by atoms with Gasteiger partial charge in [0.15, 0.2) is 4.47 Å². The maximum Gasteiger partial charge on any atom is 0.184 e. The van der Waals surface area contributed by atoms with Gasteiger partial charge in [-0.15, -0.1) is 11.3 Å². The first-order valence-corrected chi connectivity index (χ1v) is 4.09. The summed E-state index contributed by atoms with van der Waals surface area (Å²) >= 11 is 6.77. The lowest BCUT2D eigenvalue weighted by molar-refractivity contribution is 1.42. The van der Waals surface area contributed by atoms with Crippen molar-refractivity contribution in [2.24, 2.45) is 0 Å². The van der Waals surface area contributed by atoms with Gasteiger partial charge in [-0.1, -0.05) is 11.6 Å². The number of thiazole rings is 1. The van der Waals surface area contributed by atoms with E-state index in [9.17, 15) is 0 Å². The van der Waals surface area contributed by atoms with Gasteiger partial charge in [0.1, 0.15) is 17.7 Å². The molecule has 12 heavy (non-hydrogen) atoms. The van der Waals surface area contributed by atoms with Crippen molar-refractivity contribution in [3.05, 3.63) is 21.1 Å². The highest BCUT2D eigenvalue weighted by Gasteiger charge is 1.98. The van der Waals surface area contributed by atoms with Crippen LogP contribution in [0.3, 0.4) is 0 Å². The lowest BCUT2D eigenvalue weighted by atomic mass is 10.3. The molecule has 1 aromatic rings. The van der Waals surface area contributed by atoms with Gasteiger partial charge in [0, 0.05) is 6.20 Å². The van der Waals surface area contributed by atoms with Gasteiger partial charge in [-0.05, 0) is 6.08 Å². The molecule has 0 radical (unpaired) electrons. The molecule has 0 bridgehead atoms. The van der Waals surface area contributed by atoms with Crippen LogP contribution in [0.1, 0.15) is 4.88 Å². The van der Waals surface area contributed by atoms with Crippen molar-refractivity contribution in [2.75, 3.05) is 0 Å². The van der Waals surface area contributed by atoms with Crippen LogP contribution in [0.2, 0.25) is 4.47 Å². The first-order valence-electron chi connectivity index (χ1n) is 2.89. The number of hydrogen-bond donors (Lipinski definition) is 0. The molecule has 0 amide bonds. The number of nitrogens with zero attached hydrogens (tertiary/aromatic N) is 3. The lowest BCUT2D eigenvalue weighted by Crippen LogP contribution is -1.69. The fourth-order valence-electron chi connectivity index (χ4n) is 0.563. The highest BCUT2D eigenvalue weighted by Crippen LogP contribution is 2.19. The van der Waals surface area contributed by atoms with Gasteiger partial charge in [-0.25, -0.2) is 4.98 Å². The topological polar surface area (TPSA) is 60.5 Å². The van der Waals surface area contributed by atoms with E-state index in [2.05, 4.69) is 4.98 Å². The molecule has 1 aromatic heterocycles. The molecule has 0 aliphatic carbocycles. The van der Waals surface area contributed by atoms with Crippen LogP contribution >= 0.6 is 22.9 Å². The standard InChI is InChI=1S/C7H2ClN3S/c8-7-11-4-6(12-7)1-5(2-9)3-10/h1,4H. The van der Waals surface area contributed by atoms with Gasteiger partial charge in [0.25, 0.3) is 0 Å². The second-order valence-corrected chi connectivity index (χ2v) is 3.44. The molecular formula is C7H2ClN3S. The van der Waals surface area contributed by atoms with Crippen LogP contribution in [0.4, 0.5) is 0 Å². The van der Waals surface area contributed by atoms with Crippen LogP contribution in [0.15, 0.2) is 11.8 Å². The van der Waals surface area contributed by atoms with E-state index in [-0.39, 0.29) is 5.57 Å². The van der Waals surface area contributed by atoms with E-state index in [1.54, 1.807) is 12.1 Å². The number of nitriles is 2. The van der Waals surface area contributed by atoms with Crippen LogP contribution in [0, 0.1) is 22.7 Å². The summed E-state index contributed by atoms with van der Waals surface area (Å²) in [4.78, 5) is 4.47. The van der Waals surface area contributed by atoms with Gasteiger partial charge >= 0.3 is 0 Å². The Hall–Kier alpha value is -1.36. The van der Waals surface area contributed by atoms with Crippen LogP contribution in [-0.2, 0) is 0 Å². The molecule has 1 rings (SSSR count). The predicted molar refractivity (Wildman–Crippen MR) is 46.3 cm³/mol. The van der Waals surface area contributed by atoms with Crippen molar-refractivity contribution < 1.29 is 0 Å². The van der Waals surface area contributed by atoms with Crippen molar-refractivity contribution in [1.29, 1.82) is 10.5 Å². The van der Waals surface area contributed by atoms with Crippen molar-refractivity contribution in [3.8, 4) is 12.1 Å². The summed E-state index contributed by atoms with van der Waals surface area (Å²) in [5.41, 5.74) is 0.0512. The minimum absolute atomic E-state index is 0.0512. The third-order valence-electron chi connectivity index (χ3n) is 1.02. The Morgan fingerprint density at radius 1 is 1.58 bits per heavy atom. The zero-order valence-electron chi connectivity index (χ0n) is 5.78. The lowest BCUT2D eigenvalue weighted by Gasteiger charge is -1.79. The molecular weight excluding hydrogens is 194 g/mol. The first-order chi connectivity index (χ1) is 5.76. The summed E-state index contributed by atoms with van der Waals surface area (Å²) in [5, 5.41) is 16.8. The van der Waals surface area contributed by atoms with Crippen LogP contribution < -0.4 is 0 Å². The van der Waals surface area contributed by atoms with E-state index in [0.717, 1.165) is 0 Å². The molecule has 1 heterocycles. The van der Waals surface area contributed by atoms with Gasteiger partial charge in [-0.3, -0.25) is 0 Å². The van der Waals surface area contributed by atoms with E-state index in [0.29, 0.717) is 9.34 Å². The number of hydrogen-bond acceptors (Lipinski definition) is 4. The Balaban J connectivity index is 2.97. The molecule has 0 aliphatic heterocycles. The minimum atomic E-state index is 0.0512. The monoisotopic (exact) mass is 195 g/mol. The number of halogens is 1. The zero-order chi connectivity index (χ0) is 8.97. The fraction of sp³-hybridized carbons (Fsp3) is 0. The number of allylic oxidation sites excluding steroid dienone is 1. The van der Waals surface area contributed by atoms with Gasteiger partial charge < -0.3 is 0 Å². The molecule has 0 aromatic carbocycles. The van der Waals surface area contributed by atoms with Crippen molar-refractivity contribution in [2.45, 2.75) is 0 Å². The highest BCUT2D eigenvalue weighted by atomic mass is 35.5. The second kappa shape index (κ2) is 3.87. The minimum Gasteiger partial charge on any atom is -0.233 e. The summed E-state index contributed by atoms with van der Waals surface area (Å²) in [7, 11) is 0. The highest BCUT2D eigenvalue weighted by molar-refractivity contribution is 7.16. The van der Waals surface area contributed by atoms with Crippen molar-refractivity contribution in [3.63, 3.8) is 0 Å². The van der Waals surface area contributed by atoms with Crippen LogP contribution in [0.25, 0.3) is 6.08 Å². The Bertz CT molecular complexity index is 378. The molecule has 0 saturated heterocycles. The Morgan fingerprint density at radius 3 is 2.67 bits per heavy atom. The molecule has 3 nitrogen and oxygen atoms in total. The largest absolute Gasteiger partial charge is 0.233 e. The fourth-order valence-corrected chi connectivity index (χ4v) is 1.46. The normalized spacial score (nSPS) is 8.25. The predicted octanol–water partition coefficient (Wildman–Crippen LogP) is 2.23. The Morgan fingerprint density at radius 2 is 2.25 bits per heavy atom. The molecule has 0 unspecified atom stereocenters. The average molecular weight is 196 g/mol. The van der Waals surface area contributed by atoms with Crippen molar-refractivity contribution >= 4 is 29.0 Å². The quantitative estimate of drug-likeness (QED) is 0.646. The smallest absolute Gasteiger partial charge is 0.184 e. The van der Waals surface area contributed by atoms with Crippen molar-refractivity contribution in [1.82, 2.24) is 4.98 Å². The maximum absolute atomic E-state index is 8.40. The molecule has 0 atom stereocenters. The van der Waals surface area contributed by atoms with Gasteiger partial charge in [0.2, 0.25) is 0 Å². The zero-order valence-corrected chi connectivity index (χ0v) is 7.35. The van der Waals surface area contributed by atoms with E-state index in [1.807, 2.05) is 0 Å². The first kappa shape index (κ1) is 8.73. The molecule has 0 fully saturated rings. The molecule has 0 aliphatic rings. The second-order valence-electron chi connectivity index (χ2n) is 1.80. The van der Waals surface area contributed by atoms with E-state index < -0.39 is 0 Å². The molecule has 0 N–H and O–H groups in total. The van der Waals surface area contributed by atoms with Gasteiger partial charge in [-0.2, -0.15) is 10.5 Å². The summed E-state index contributed by atoms with van der Waals surface area (Å²) in [6.45, 7) is 0. The summed E-state index contributed by atoms with van der Waals surface area (Å²) in [5.74, 6) is 0. The van der Waals surface area contributed by atoms with E-state index in [4.69, 9.17) is 22.1 Å².